The first-order valence-electron chi connectivity index (χ1n) is 10.8. The molecule has 0 aliphatic carbocycles. The fraction of sp³-hybridized carbons (Fsp3) is 0.222. The van der Waals surface area contributed by atoms with Gasteiger partial charge < -0.3 is 19.1 Å². The van der Waals surface area contributed by atoms with Crippen LogP contribution >= 0.6 is 11.8 Å². The Morgan fingerprint density at radius 1 is 0.943 bits per heavy atom. The molecule has 3 aromatic rings. The Morgan fingerprint density at radius 2 is 1.63 bits per heavy atom. The van der Waals surface area contributed by atoms with Gasteiger partial charge in [-0.2, -0.15) is 5.26 Å². The zero-order chi connectivity index (χ0) is 25.2. The third-order valence-electron chi connectivity index (χ3n) is 5.27. The van der Waals surface area contributed by atoms with Crippen LogP contribution in [0.15, 0.2) is 76.5 Å². The van der Waals surface area contributed by atoms with Crippen LogP contribution in [-0.4, -0.2) is 51.2 Å². The highest BCUT2D eigenvalue weighted by Gasteiger charge is 2.18. The average molecular weight is 491 g/mol. The summed E-state index contributed by atoms with van der Waals surface area (Å²) in [6.07, 6.45) is 0.605. The number of esters is 1. The maximum atomic E-state index is 12.8. The molecule has 0 aromatic heterocycles. The molecule has 0 atom stereocenters. The molecule has 0 unspecified atom stereocenters. The van der Waals surface area contributed by atoms with Crippen molar-refractivity contribution in [3.63, 3.8) is 0 Å². The van der Waals surface area contributed by atoms with E-state index >= 15 is 0 Å². The first-order valence-corrected chi connectivity index (χ1v) is 11.7. The van der Waals surface area contributed by atoms with Gasteiger partial charge in [0, 0.05) is 23.4 Å². The summed E-state index contributed by atoms with van der Waals surface area (Å²) < 4.78 is 15.9. The summed E-state index contributed by atoms with van der Waals surface area (Å²) in [6.45, 7) is 0.0816. The van der Waals surface area contributed by atoms with Gasteiger partial charge in [-0.05, 0) is 48.4 Å². The maximum Gasteiger partial charge on any atom is 0.339 e. The van der Waals surface area contributed by atoms with Crippen molar-refractivity contribution in [2.75, 3.05) is 34.4 Å². The van der Waals surface area contributed by atoms with E-state index in [4.69, 9.17) is 14.2 Å². The molecule has 35 heavy (non-hydrogen) atoms. The van der Waals surface area contributed by atoms with Crippen molar-refractivity contribution < 1.29 is 23.8 Å². The van der Waals surface area contributed by atoms with Crippen LogP contribution in [0, 0.1) is 11.3 Å². The number of hydrogen-bond donors (Lipinski definition) is 0. The Bertz CT molecular complexity index is 1240. The summed E-state index contributed by atoms with van der Waals surface area (Å²) in [5.74, 6) is 0.368. The molecule has 0 aliphatic rings. The van der Waals surface area contributed by atoms with Crippen LogP contribution in [0.3, 0.4) is 0 Å². The van der Waals surface area contributed by atoms with E-state index in [0.29, 0.717) is 40.5 Å². The van der Waals surface area contributed by atoms with E-state index in [1.807, 2.05) is 30.3 Å². The molecule has 0 saturated heterocycles. The van der Waals surface area contributed by atoms with Crippen LogP contribution in [0.4, 0.5) is 0 Å². The topological polar surface area (TPSA) is 88.9 Å². The Morgan fingerprint density at radius 3 is 2.34 bits per heavy atom. The van der Waals surface area contributed by atoms with Gasteiger partial charge in [-0.15, -0.1) is 0 Å². The predicted molar refractivity (Wildman–Crippen MR) is 133 cm³/mol. The van der Waals surface area contributed by atoms with E-state index in [2.05, 4.69) is 6.07 Å². The molecule has 0 heterocycles. The molecule has 8 heteroatoms. The minimum absolute atomic E-state index is 0.307. The van der Waals surface area contributed by atoms with Crippen LogP contribution in [0.1, 0.15) is 21.5 Å². The highest BCUT2D eigenvalue weighted by atomic mass is 32.2. The molecule has 1 amide bonds. The van der Waals surface area contributed by atoms with Gasteiger partial charge in [0.05, 0.1) is 25.3 Å². The van der Waals surface area contributed by atoms with Gasteiger partial charge in [0.2, 0.25) is 0 Å². The van der Waals surface area contributed by atoms with Crippen molar-refractivity contribution in [1.82, 2.24) is 4.90 Å². The van der Waals surface area contributed by atoms with Crippen molar-refractivity contribution in [2.24, 2.45) is 0 Å². The van der Waals surface area contributed by atoms with Crippen molar-refractivity contribution >= 4 is 23.6 Å². The predicted octanol–water partition coefficient (Wildman–Crippen LogP) is 4.58. The molecular weight excluding hydrogens is 464 g/mol. The summed E-state index contributed by atoms with van der Waals surface area (Å²) in [5.41, 5.74) is 1.85. The lowest BCUT2D eigenvalue weighted by atomic mass is 10.1. The van der Waals surface area contributed by atoms with Crippen LogP contribution in [0.2, 0.25) is 0 Å². The zero-order valence-corrected chi connectivity index (χ0v) is 20.6. The minimum atomic E-state index is -0.593. The highest BCUT2D eigenvalue weighted by Crippen LogP contribution is 2.33. The molecule has 3 rings (SSSR count). The van der Waals surface area contributed by atoms with Crippen LogP contribution in [0.5, 0.6) is 11.5 Å². The van der Waals surface area contributed by atoms with Gasteiger partial charge in [-0.1, -0.05) is 42.1 Å². The van der Waals surface area contributed by atoms with Crippen molar-refractivity contribution in [1.29, 1.82) is 5.26 Å². The Balaban J connectivity index is 1.58. The summed E-state index contributed by atoms with van der Waals surface area (Å²) in [6, 6.07) is 21.9. The molecule has 0 aliphatic heterocycles. The average Bonchev–Trinajstić information content (AvgIpc) is 2.90. The first-order chi connectivity index (χ1) is 17.0. The molecular formula is C27H26N2O5S. The van der Waals surface area contributed by atoms with E-state index in [-0.39, 0.29) is 12.5 Å². The summed E-state index contributed by atoms with van der Waals surface area (Å²) in [5, 5.41) is 9.33. The fourth-order valence-corrected chi connectivity index (χ4v) is 4.28. The van der Waals surface area contributed by atoms with Crippen LogP contribution in [-0.2, 0) is 16.0 Å². The first kappa shape index (κ1) is 25.7. The molecule has 0 bridgehead atoms. The number of benzene rings is 3. The largest absolute Gasteiger partial charge is 0.493 e. The molecule has 0 spiro atoms. The van der Waals surface area contributed by atoms with Crippen molar-refractivity contribution in [3.05, 3.63) is 83.4 Å². The Kier molecular flexibility index (Phi) is 9.16. The fourth-order valence-electron chi connectivity index (χ4n) is 3.26. The summed E-state index contributed by atoms with van der Waals surface area (Å²) >= 11 is 1.31. The number of hydrogen-bond acceptors (Lipinski definition) is 7. The number of nitrogens with zero attached hydrogens (tertiary/aromatic N) is 2. The van der Waals surface area contributed by atoms with Gasteiger partial charge in [-0.3, -0.25) is 4.79 Å². The molecule has 0 saturated carbocycles. The second kappa shape index (κ2) is 12.5. The standard InChI is InChI=1S/C27H26N2O5S/c1-29(15-14-19-12-13-22(32-2)23(16-19)33-3)26(30)18-34-27(31)21-9-5-7-11-25(21)35-24-10-6-4-8-20(24)17-28/h4-13,16H,14-15,18H2,1-3H3. The lowest BCUT2D eigenvalue weighted by molar-refractivity contribution is -0.133. The molecule has 0 N–H and O–H groups in total. The molecule has 0 radical (unpaired) electrons. The third-order valence-corrected chi connectivity index (χ3v) is 6.42. The number of ether oxygens (including phenoxy) is 3. The Hall–Kier alpha value is -3.96. The van der Waals surface area contributed by atoms with Gasteiger partial charge >= 0.3 is 5.97 Å². The number of carbonyl (C=O) groups excluding carboxylic acids is 2. The Labute approximate surface area is 209 Å². The lowest BCUT2D eigenvalue weighted by Crippen LogP contribution is -2.32. The van der Waals surface area contributed by atoms with E-state index in [0.717, 1.165) is 10.5 Å². The van der Waals surface area contributed by atoms with E-state index in [1.165, 1.54) is 16.7 Å². The molecule has 3 aromatic carbocycles. The number of nitriles is 1. The van der Waals surface area contributed by atoms with Gasteiger partial charge in [0.25, 0.3) is 5.91 Å². The molecule has 7 nitrogen and oxygen atoms in total. The van der Waals surface area contributed by atoms with Gasteiger partial charge in [-0.25, -0.2) is 4.79 Å². The summed E-state index contributed by atoms with van der Waals surface area (Å²) in [4.78, 5) is 28.2. The smallest absolute Gasteiger partial charge is 0.339 e. The van der Waals surface area contributed by atoms with E-state index < -0.39 is 5.97 Å². The van der Waals surface area contributed by atoms with Crippen molar-refractivity contribution in [2.45, 2.75) is 16.2 Å². The molecule has 0 fully saturated rings. The van der Waals surface area contributed by atoms with Crippen molar-refractivity contribution in [3.8, 4) is 17.6 Å². The van der Waals surface area contributed by atoms with Gasteiger partial charge in [0.15, 0.2) is 18.1 Å². The summed E-state index contributed by atoms with van der Waals surface area (Å²) in [7, 11) is 4.82. The molecule has 180 valence electrons. The monoisotopic (exact) mass is 490 g/mol. The number of carbonyl (C=O) groups is 2. The number of amides is 1. The SMILES string of the molecule is COc1ccc(CCN(C)C(=O)COC(=O)c2ccccc2Sc2ccccc2C#N)cc1OC. The van der Waals surface area contributed by atoms with E-state index in [9.17, 15) is 14.9 Å². The quantitative estimate of drug-likeness (QED) is 0.384. The number of methoxy groups -OCH3 is 2. The normalized spacial score (nSPS) is 10.2. The minimum Gasteiger partial charge on any atom is -0.493 e. The lowest BCUT2D eigenvalue weighted by Gasteiger charge is -2.18. The number of rotatable bonds is 10. The second-order valence-corrected chi connectivity index (χ2v) is 8.62. The van der Waals surface area contributed by atoms with E-state index in [1.54, 1.807) is 57.7 Å². The van der Waals surface area contributed by atoms with Crippen LogP contribution in [0.25, 0.3) is 0 Å². The van der Waals surface area contributed by atoms with Crippen LogP contribution < -0.4 is 9.47 Å². The maximum absolute atomic E-state index is 12.8. The highest BCUT2D eigenvalue weighted by molar-refractivity contribution is 7.99. The second-order valence-electron chi connectivity index (χ2n) is 7.54. The zero-order valence-electron chi connectivity index (χ0n) is 19.8. The van der Waals surface area contributed by atoms with Gasteiger partial charge in [0.1, 0.15) is 6.07 Å². The third kappa shape index (κ3) is 6.78. The number of likely N-dealkylation sites (N-methyl/N-ethyl adjacent to an activating group) is 1.